The van der Waals surface area contributed by atoms with Crippen molar-refractivity contribution < 1.29 is 18.9 Å². The number of rotatable bonds is 0. The molecular formula is C9H11LiS. The first-order valence-electron chi connectivity index (χ1n) is 3.36. The van der Waals surface area contributed by atoms with Gasteiger partial charge in [0.1, 0.15) is 0 Å². The first kappa shape index (κ1) is 11.0. The molecule has 0 fully saturated rings. The van der Waals surface area contributed by atoms with Crippen LogP contribution in [0.1, 0.15) is 16.7 Å². The Morgan fingerprint density at radius 1 is 1.00 bits per heavy atom. The summed E-state index contributed by atoms with van der Waals surface area (Å²) in [6, 6.07) is 4.19. The Bertz CT molecular complexity index is 229. The van der Waals surface area contributed by atoms with Gasteiger partial charge in [-0.05, 0) is 26.3 Å². The minimum absolute atomic E-state index is 0. The SMILES string of the molecule is Cc1ccc(C)c([S-])c1C.[Li+]. The summed E-state index contributed by atoms with van der Waals surface area (Å²) < 4.78 is 0. The fourth-order valence-electron chi connectivity index (χ4n) is 0.926. The van der Waals surface area contributed by atoms with Crippen molar-refractivity contribution in [3.63, 3.8) is 0 Å². The second kappa shape index (κ2) is 4.16. The quantitative estimate of drug-likeness (QED) is 0.363. The van der Waals surface area contributed by atoms with Gasteiger partial charge in [-0.2, -0.15) is 4.90 Å². The summed E-state index contributed by atoms with van der Waals surface area (Å²) in [7, 11) is 0. The Labute approximate surface area is 86.0 Å². The standard InChI is InChI=1S/C9H12S.Li/c1-6-4-5-7(2)9(10)8(6)3;/h4-5,10H,1-3H3;/q;+1/p-1. The van der Waals surface area contributed by atoms with Crippen molar-refractivity contribution in [1.29, 1.82) is 0 Å². The van der Waals surface area contributed by atoms with Gasteiger partial charge in [0.05, 0.1) is 0 Å². The second-order valence-electron chi connectivity index (χ2n) is 2.65. The fourth-order valence-corrected chi connectivity index (χ4v) is 1.15. The molecule has 1 aromatic carbocycles. The van der Waals surface area contributed by atoms with E-state index < -0.39 is 0 Å². The zero-order valence-corrected chi connectivity index (χ0v) is 8.38. The van der Waals surface area contributed by atoms with Crippen molar-refractivity contribution in [2.24, 2.45) is 0 Å². The third-order valence-corrected chi connectivity index (χ3v) is 2.50. The molecule has 0 unspecified atom stereocenters. The van der Waals surface area contributed by atoms with E-state index in [1.54, 1.807) is 0 Å². The van der Waals surface area contributed by atoms with Gasteiger partial charge in [-0.1, -0.05) is 23.3 Å². The molecule has 0 spiro atoms. The van der Waals surface area contributed by atoms with E-state index in [2.05, 4.69) is 32.9 Å². The van der Waals surface area contributed by atoms with Crippen molar-refractivity contribution in [1.82, 2.24) is 0 Å². The van der Waals surface area contributed by atoms with Gasteiger partial charge < -0.3 is 12.6 Å². The van der Waals surface area contributed by atoms with Crippen molar-refractivity contribution in [3.05, 3.63) is 28.8 Å². The molecule has 0 radical (unpaired) electrons. The molecule has 0 amide bonds. The van der Waals surface area contributed by atoms with Crippen LogP contribution < -0.4 is 18.9 Å². The van der Waals surface area contributed by atoms with E-state index in [-0.39, 0.29) is 18.9 Å². The van der Waals surface area contributed by atoms with Crippen molar-refractivity contribution in [3.8, 4) is 0 Å². The molecule has 0 bridgehead atoms. The van der Waals surface area contributed by atoms with Crippen LogP contribution in [0.25, 0.3) is 0 Å². The fraction of sp³-hybridized carbons (Fsp3) is 0.333. The Kier molecular flexibility index (Phi) is 4.17. The molecule has 11 heavy (non-hydrogen) atoms. The van der Waals surface area contributed by atoms with E-state index in [0.29, 0.717) is 0 Å². The van der Waals surface area contributed by atoms with E-state index in [0.717, 1.165) is 4.90 Å². The minimum atomic E-state index is 0. The van der Waals surface area contributed by atoms with E-state index >= 15 is 0 Å². The van der Waals surface area contributed by atoms with Crippen molar-refractivity contribution in [2.75, 3.05) is 0 Å². The number of hydrogen-bond donors (Lipinski definition) is 0. The van der Waals surface area contributed by atoms with Crippen LogP contribution in [0.5, 0.6) is 0 Å². The van der Waals surface area contributed by atoms with Gasteiger partial charge in [-0.25, -0.2) is 0 Å². The molecule has 0 saturated carbocycles. The normalized spacial score (nSPS) is 9.00. The smallest absolute Gasteiger partial charge is 0.779 e. The largest absolute Gasteiger partial charge is 1.00 e. The van der Waals surface area contributed by atoms with Gasteiger partial charge >= 0.3 is 18.9 Å². The molecule has 0 heterocycles. The molecule has 0 N–H and O–H groups in total. The van der Waals surface area contributed by atoms with Crippen LogP contribution in [0, 0.1) is 20.8 Å². The Morgan fingerprint density at radius 3 is 1.91 bits per heavy atom. The zero-order valence-electron chi connectivity index (χ0n) is 7.56. The maximum absolute atomic E-state index is 5.18. The molecule has 0 aromatic heterocycles. The summed E-state index contributed by atoms with van der Waals surface area (Å²) in [6.07, 6.45) is 0. The Balaban J connectivity index is 0.000001000. The summed E-state index contributed by atoms with van der Waals surface area (Å²) in [6.45, 7) is 6.21. The van der Waals surface area contributed by atoms with Gasteiger partial charge in [0.2, 0.25) is 0 Å². The number of benzene rings is 1. The molecule has 2 heteroatoms. The van der Waals surface area contributed by atoms with Gasteiger partial charge in [0.25, 0.3) is 0 Å². The molecule has 0 aliphatic carbocycles. The summed E-state index contributed by atoms with van der Waals surface area (Å²) in [4.78, 5) is 1.01. The average molecular weight is 158 g/mol. The predicted molar refractivity (Wildman–Crippen MR) is 46.3 cm³/mol. The minimum Gasteiger partial charge on any atom is -0.779 e. The number of hydrogen-bond acceptors (Lipinski definition) is 1. The number of aryl methyl sites for hydroxylation is 2. The Morgan fingerprint density at radius 2 is 1.45 bits per heavy atom. The zero-order chi connectivity index (χ0) is 7.72. The molecule has 0 aliphatic heterocycles. The molecular weight excluding hydrogens is 147 g/mol. The summed E-state index contributed by atoms with van der Waals surface area (Å²) in [5.41, 5.74) is 3.74. The topological polar surface area (TPSA) is 0 Å². The average Bonchev–Trinajstić information content (AvgIpc) is 1.93. The molecule has 0 nitrogen and oxygen atoms in total. The van der Waals surface area contributed by atoms with Crippen LogP contribution >= 0.6 is 0 Å². The summed E-state index contributed by atoms with van der Waals surface area (Å²) >= 11 is 5.18. The van der Waals surface area contributed by atoms with E-state index in [1.165, 1.54) is 16.7 Å². The predicted octanol–water partition coefficient (Wildman–Crippen LogP) is -0.478. The monoisotopic (exact) mass is 158 g/mol. The van der Waals surface area contributed by atoms with E-state index in [4.69, 9.17) is 12.6 Å². The van der Waals surface area contributed by atoms with Crippen LogP contribution in [-0.4, -0.2) is 0 Å². The van der Waals surface area contributed by atoms with Gasteiger partial charge in [0, 0.05) is 0 Å². The van der Waals surface area contributed by atoms with Crippen LogP contribution in [0.2, 0.25) is 0 Å². The van der Waals surface area contributed by atoms with E-state index in [9.17, 15) is 0 Å². The molecule has 0 saturated heterocycles. The van der Waals surface area contributed by atoms with Gasteiger partial charge in [0.15, 0.2) is 0 Å². The first-order valence-corrected chi connectivity index (χ1v) is 3.77. The maximum atomic E-state index is 5.18. The third kappa shape index (κ3) is 2.23. The summed E-state index contributed by atoms with van der Waals surface area (Å²) in [5, 5.41) is 0. The van der Waals surface area contributed by atoms with Crippen LogP contribution in [0.3, 0.4) is 0 Å². The molecule has 1 aromatic rings. The van der Waals surface area contributed by atoms with Crippen molar-refractivity contribution in [2.45, 2.75) is 25.7 Å². The Hall–Kier alpha value is 0.0374. The van der Waals surface area contributed by atoms with E-state index in [1.807, 2.05) is 0 Å². The maximum Gasteiger partial charge on any atom is 1.00 e. The molecule has 1 rings (SSSR count). The van der Waals surface area contributed by atoms with Crippen molar-refractivity contribution >= 4 is 12.6 Å². The third-order valence-electron chi connectivity index (χ3n) is 1.87. The molecule has 0 atom stereocenters. The second-order valence-corrected chi connectivity index (χ2v) is 3.06. The molecule has 0 aliphatic rings. The van der Waals surface area contributed by atoms with Crippen LogP contribution in [-0.2, 0) is 12.6 Å². The summed E-state index contributed by atoms with van der Waals surface area (Å²) in [5.74, 6) is 0. The molecule has 54 valence electrons. The van der Waals surface area contributed by atoms with Gasteiger partial charge in [-0.15, -0.1) is 0 Å². The first-order chi connectivity index (χ1) is 4.63. The van der Waals surface area contributed by atoms with Crippen LogP contribution in [0.4, 0.5) is 0 Å². The van der Waals surface area contributed by atoms with Crippen LogP contribution in [0.15, 0.2) is 17.0 Å². The van der Waals surface area contributed by atoms with Gasteiger partial charge in [-0.3, -0.25) is 0 Å².